The summed E-state index contributed by atoms with van der Waals surface area (Å²) < 4.78 is 1.66. The molecule has 0 saturated heterocycles. The zero-order valence-electron chi connectivity index (χ0n) is 9.38. The second kappa shape index (κ2) is 5.29. The van der Waals surface area contributed by atoms with Crippen LogP contribution in [0.15, 0.2) is 12.4 Å². The highest BCUT2D eigenvalue weighted by Crippen LogP contribution is 2.03. The SMILES string of the molecule is CN(Cc1cnn(C)c1)C(=O)CCC(=O)O. The summed E-state index contributed by atoms with van der Waals surface area (Å²) in [6.07, 6.45) is 3.41. The molecule has 6 heteroatoms. The first-order valence-electron chi connectivity index (χ1n) is 4.92. The second-order valence-corrected chi connectivity index (χ2v) is 3.67. The van der Waals surface area contributed by atoms with Gasteiger partial charge in [0.1, 0.15) is 0 Å². The third kappa shape index (κ3) is 3.72. The van der Waals surface area contributed by atoms with E-state index >= 15 is 0 Å². The zero-order valence-corrected chi connectivity index (χ0v) is 9.38. The Morgan fingerprint density at radius 3 is 2.69 bits per heavy atom. The van der Waals surface area contributed by atoms with E-state index in [1.165, 1.54) is 4.90 Å². The molecule has 0 bridgehead atoms. The van der Waals surface area contributed by atoms with Gasteiger partial charge >= 0.3 is 5.97 Å². The molecule has 0 aromatic carbocycles. The lowest BCUT2D eigenvalue weighted by Gasteiger charge is -2.15. The molecule has 0 unspecified atom stereocenters. The van der Waals surface area contributed by atoms with Gasteiger partial charge in [-0.15, -0.1) is 0 Å². The maximum Gasteiger partial charge on any atom is 0.303 e. The number of nitrogens with zero attached hydrogens (tertiary/aromatic N) is 3. The van der Waals surface area contributed by atoms with E-state index in [0.29, 0.717) is 6.54 Å². The second-order valence-electron chi connectivity index (χ2n) is 3.67. The molecule has 1 aromatic heterocycles. The molecule has 1 aromatic rings. The standard InChI is InChI=1S/C10H15N3O3/c1-12(9(14)3-4-10(15)16)6-8-5-11-13(2)7-8/h5,7H,3-4,6H2,1-2H3,(H,15,16). The molecule has 0 atom stereocenters. The molecule has 0 fully saturated rings. The number of aromatic nitrogens is 2. The quantitative estimate of drug-likeness (QED) is 0.779. The van der Waals surface area contributed by atoms with Gasteiger partial charge in [-0.05, 0) is 0 Å². The molecule has 0 spiro atoms. The summed E-state index contributed by atoms with van der Waals surface area (Å²) in [4.78, 5) is 23.3. The number of carboxylic acid groups (broad SMARTS) is 1. The monoisotopic (exact) mass is 225 g/mol. The Morgan fingerprint density at radius 1 is 1.50 bits per heavy atom. The highest BCUT2D eigenvalue weighted by molar-refractivity contribution is 5.80. The van der Waals surface area contributed by atoms with Crippen molar-refractivity contribution in [2.45, 2.75) is 19.4 Å². The van der Waals surface area contributed by atoms with Crippen LogP contribution in [0.1, 0.15) is 18.4 Å². The average Bonchev–Trinajstić information content (AvgIpc) is 2.60. The van der Waals surface area contributed by atoms with E-state index in [1.807, 2.05) is 6.20 Å². The van der Waals surface area contributed by atoms with Gasteiger partial charge in [-0.3, -0.25) is 14.3 Å². The summed E-state index contributed by atoms with van der Waals surface area (Å²) in [6.45, 7) is 0.451. The number of carbonyl (C=O) groups is 2. The molecule has 1 amide bonds. The number of carboxylic acids is 1. The summed E-state index contributed by atoms with van der Waals surface area (Å²) in [5.41, 5.74) is 0.925. The Morgan fingerprint density at radius 2 is 2.19 bits per heavy atom. The minimum absolute atomic E-state index is 0.0338. The van der Waals surface area contributed by atoms with Crippen molar-refractivity contribution < 1.29 is 14.7 Å². The van der Waals surface area contributed by atoms with Crippen molar-refractivity contribution in [3.05, 3.63) is 18.0 Å². The third-order valence-corrected chi connectivity index (χ3v) is 2.16. The number of aliphatic carboxylic acids is 1. The minimum Gasteiger partial charge on any atom is -0.481 e. The van der Waals surface area contributed by atoms with Gasteiger partial charge in [-0.1, -0.05) is 0 Å². The van der Waals surface area contributed by atoms with Crippen LogP contribution in [0, 0.1) is 0 Å². The van der Waals surface area contributed by atoms with Crippen LogP contribution < -0.4 is 0 Å². The van der Waals surface area contributed by atoms with Crippen molar-refractivity contribution in [1.29, 1.82) is 0 Å². The van der Waals surface area contributed by atoms with E-state index in [1.54, 1.807) is 25.0 Å². The van der Waals surface area contributed by atoms with Crippen LogP contribution in [0.2, 0.25) is 0 Å². The summed E-state index contributed by atoms with van der Waals surface area (Å²) in [5, 5.41) is 12.4. The summed E-state index contributed by atoms with van der Waals surface area (Å²) in [7, 11) is 3.45. The fraction of sp³-hybridized carbons (Fsp3) is 0.500. The van der Waals surface area contributed by atoms with Crippen molar-refractivity contribution in [3.63, 3.8) is 0 Å². The molecule has 0 saturated carbocycles. The molecule has 16 heavy (non-hydrogen) atoms. The topological polar surface area (TPSA) is 75.4 Å². The summed E-state index contributed by atoms with van der Waals surface area (Å²) in [5.74, 6) is -1.13. The average molecular weight is 225 g/mol. The maximum atomic E-state index is 11.5. The Balaban J connectivity index is 2.42. The van der Waals surface area contributed by atoms with Gasteiger partial charge in [0.05, 0.1) is 12.6 Å². The highest BCUT2D eigenvalue weighted by Gasteiger charge is 2.11. The zero-order chi connectivity index (χ0) is 12.1. The maximum absolute atomic E-state index is 11.5. The minimum atomic E-state index is -0.955. The predicted octanol–water partition coefficient (Wildman–Crippen LogP) is 0.243. The fourth-order valence-corrected chi connectivity index (χ4v) is 1.32. The smallest absolute Gasteiger partial charge is 0.303 e. The van der Waals surface area contributed by atoms with Gasteiger partial charge in [0.15, 0.2) is 0 Å². The Hall–Kier alpha value is -1.85. The first-order valence-corrected chi connectivity index (χ1v) is 4.92. The van der Waals surface area contributed by atoms with E-state index in [0.717, 1.165) is 5.56 Å². The van der Waals surface area contributed by atoms with E-state index in [2.05, 4.69) is 5.10 Å². The van der Waals surface area contributed by atoms with Crippen LogP contribution in [0.4, 0.5) is 0 Å². The number of aryl methyl sites for hydroxylation is 1. The van der Waals surface area contributed by atoms with E-state index < -0.39 is 5.97 Å². The first-order chi connectivity index (χ1) is 7.49. The van der Waals surface area contributed by atoms with Crippen LogP contribution in [-0.2, 0) is 23.2 Å². The van der Waals surface area contributed by atoms with Crippen molar-refractivity contribution >= 4 is 11.9 Å². The number of hydrogen-bond acceptors (Lipinski definition) is 3. The third-order valence-electron chi connectivity index (χ3n) is 2.16. The van der Waals surface area contributed by atoms with Crippen molar-refractivity contribution in [2.75, 3.05) is 7.05 Å². The van der Waals surface area contributed by atoms with Gasteiger partial charge in [0, 0.05) is 38.8 Å². The normalized spacial score (nSPS) is 10.1. The molecule has 0 aliphatic rings. The van der Waals surface area contributed by atoms with Crippen LogP contribution in [0.5, 0.6) is 0 Å². The highest BCUT2D eigenvalue weighted by atomic mass is 16.4. The van der Waals surface area contributed by atoms with Crippen molar-refractivity contribution in [3.8, 4) is 0 Å². The van der Waals surface area contributed by atoms with Gasteiger partial charge in [0.25, 0.3) is 0 Å². The molecular weight excluding hydrogens is 210 g/mol. The first kappa shape index (κ1) is 12.2. The van der Waals surface area contributed by atoms with Crippen LogP contribution in [0.25, 0.3) is 0 Å². The van der Waals surface area contributed by atoms with E-state index in [4.69, 9.17) is 5.11 Å². The lowest BCUT2D eigenvalue weighted by Crippen LogP contribution is -2.26. The fourth-order valence-electron chi connectivity index (χ4n) is 1.32. The molecule has 88 valence electrons. The Kier molecular flexibility index (Phi) is 4.04. The van der Waals surface area contributed by atoms with Gasteiger partial charge in [-0.25, -0.2) is 0 Å². The molecular formula is C10H15N3O3. The number of rotatable bonds is 5. The molecule has 1 rings (SSSR count). The van der Waals surface area contributed by atoms with Crippen LogP contribution in [-0.4, -0.2) is 38.7 Å². The lowest BCUT2D eigenvalue weighted by molar-refractivity contribution is -0.140. The summed E-state index contributed by atoms with van der Waals surface area (Å²) >= 11 is 0. The van der Waals surface area contributed by atoms with E-state index in [-0.39, 0.29) is 18.7 Å². The van der Waals surface area contributed by atoms with E-state index in [9.17, 15) is 9.59 Å². The molecule has 0 aliphatic carbocycles. The Bertz CT molecular complexity index is 386. The molecule has 6 nitrogen and oxygen atoms in total. The van der Waals surface area contributed by atoms with Crippen LogP contribution in [0.3, 0.4) is 0 Å². The van der Waals surface area contributed by atoms with Crippen molar-refractivity contribution in [2.24, 2.45) is 7.05 Å². The summed E-state index contributed by atoms with van der Waals surface area (Å²) in [6, 6.07) is 0. The largest absolute Gasteiger partial charge is 0.481 e. The number of hydrogen-bond donors (Lipinski definition) is 1. The van der Waals surface area contributed by atoms with Gasteiger partial charge in [0.2, 0.25) is 5.91 Å². The molecule has 0 aliphatic heterocycles. The van der Waals surface area contributed by atoms with Gasteiger partial charge < -0.3 is 10.0 Å². The molecule has 1 heterocycles. The lowest BCUT2D eigenvalue weighted by atomic mass is 10.2. The van der Waals surface area contributed by atoms with Gasteiger partial charge in [-0.2, -0.15) is 5.10 Å². The van der Waals surface area contributed by atoms with Crippen molar-refractivity contribution in [1.82, 2.24) is 14.7 Å². The van der Waals surface area contributed by atoms with Crippen LogP contribution >= 0.6 is 0 Å². The number of carbonyl (C=O) groups excluding carboxylic acids is 1. The number of amides is 1. The predicted molar refractivity (Wildman–Crippen MR) is 56.6 cm³/mol. The Labute approximate surface area is 93.5 Å². The molecule has 1 N–H and O–H groups in total. The molecule has 0 radical (unpaired) electrons.